The smallest absolute Gasteiger partial charge is 0.243 e. The normalized spacial score (nSPS) is 18.8. The summed E-state index contributed by atoms with van der Waals surface area (Å²) < 4.78 is 33.3. The van der Waals surface area contributed by atoms with Crippen LogP contribution in [0.5, 0.6) is 0 Å². The summed E-state index contributed by atoms with van der Waals surface area (Å²) in [7, 11) is -3.44. The fourth-order valence-electron chi connectivity index (χ4n) is 4.41. The van der Waals surface area contributed by atoms with Gasteiger partial charge in [-0.1, -0.05) is 23.4 Å². The lowest BCUT2D eigenvalue weighted by atomic mass is 9.92. The van der Waals surface area contributed by atoms with Gasteiger partial charge in [0.15, 0.2) is 5.58 Å². The van der Waals surface area contributed by atoms with Gasteiger partial charge < -0.3 is 4.52 Å². The molecular weight excluding hydrogens is 386 g/mol. The van der Waals surface area contributed by atoms with E-state index < -0.39 is 10.0 Å². The van der Waals surface area contributed by atoms with Gasteiger partial charge in [-0.2, -0.15) is 4.31 Å². The highest BCUT2D eigenvalue weighted by Crippen LogP contribution is 2.26. The number of para-hydroxylation sites is 1. The molecule has 0 amide bonds. The molecule has 0 N–H and O–H groups in total. The molecule has 7 heteroatoms. The Labute approximate surface area is 171 Å². The first-order chi connectivity index (χ1) is 14.1. The number of rotatable bonds is 4. The molecule has 1 aromatic heterocycles. The number of nitrogens with zero attached hydrogens (tertiary/aromatic N) is 3. The molecule has 1 saturated heterocycles. The summed E-state index contributed by atoms with van der Waals surface area (Å²) in [5.74, 6) is 0. The molecule has 0 spiro atoms. The second-order valence-electron chi connectivity index (χ2n) is 7.94. The summed E-state index contributed by atoms with van der Waals surface area (Å²) in [4.78, 5) is 2.68. The van der Waals surface area contributed by atoms with Gasteiger partial charge in [0.25, 0.3) is 0 Å². The van der Waals surface area contributed by atoms with Crippen molar-refractivity contribution < 1.29 is 12.9 Å². The van der Waals surface area contributed by atoms with Gasteiger partial charge in [0.05, 0.1) is 4.90 Å². The van der Waals surface area contributed by atoms with Gasteiger partial charge in [0, 0.05) is 38.1 Å². The molecule has 29 heavy (non-hydrogen) atoms. The number of hydrogen-bond acceptors (Lipinski definition) is 5. The van der Waals surface area contributed by atoms with Gasteiger partial charge in [-0.25, -0.2) is 8.42 Å². The maximum atomic E-state index is 13.2. The largest absolute Gasteiger partial charge is 0.356 e. The molecule has 0 unspecified atom stereocenters. The fourth-order valence-corrected chi connectivity index (χ4v) is 5.88. The van der Waals surface area contributed by atoms with Crippen molar-refractivity contribution in [3.8, 4) is 0 Å². The standard InChI is InChI=1S/C22H25N3O3S/c26-29(27,19-10-9-17-5-1-2-6-18(17)15-19)25-13-11-24(12-14-25)16-21-20-7-3-4-8-22(20)28-23-21/h3-4,7-10,15H,1-2,5-6,11-14,16H2. The highest BCUT2D eigenvalue weighted by Gasteiger charge is 2.29. The van der Waals surface area contributed by atoms with Crippen molar-refractivity contribution >= 4 is 21.0 Å². The van der Waals surface area contributed by atoms with Gasteiger partial charge in [0.1, 0.15) is 5.69 Å². The van der Waals surface area contributed by atoms with Gasteiger partial charge in [-0.15, -0.1) is 0 Å². The molecule has 0 saturated carbocycles. The van der Waals surface area contributed by atoms with Crippen molar-refractivity contribution in [2.75, 3.05) is 26.2 Å². The SMILES string of the molecule is O=S(=O)(c1ccc2c(c1)CCCC2)N1CCN(Cc2noc3ccccc23)CC1. The minimum atomic E-state index is -3.44. The topological polar surface area (TPSA) is 66.7 Å². The van der Waals surface area contributed by atoms with Crippen LogP contribution in [0.1, 0.15) is 29.7 Å². The average Bonchev–Trinajstić information content (AvgIpc) is 3.17. The Morgan fingerprint density at radius 2 is 1.69 bits per heavy atom. The molecular formula is C22H25N3O3S. The number of hydrogen-bond donors (Lipinski definition) is 0. The molecule has 0 bridgehead atoms. The molecule has 1 fully saturated rings. The van der Waals surface area contributed by atoms with Crippen LogP contribution >= 0.6 is 0 Å². The lowest BCUT2D eigenvalue weighted by Crippen LogP contribution is -2.48. The Bertz CT molecular complexity index is 1130. The second-order valence-corrected chi connectivity index (χ2v) is 9.88. The van der Waals surface area contributed by atoms with Gasteiger partial charge >= 0.3 is 0 Å². The lowest BCUT2D eigenvalue weighted by Gasteiger charge is -2.33. The van der Waals surface area contributed by atoms with E-state index >= 15 is 0 Å². The van der Waals surface area contributed by atoms with E-state index in [1.807, 2.05) is 36.4 Å². The van der Waals surface area contributed by atoms with E-state index in [4.69, 9.17) is 4.52 Å². The quantitative estimate of drug-likeness (QED) is 0.660. The molecule has 1 aliphatic heterocycles. The molecule has 1 aliphatic carbocycles. The van der Waals surface area contributed by atoms with E-state index in [1.54, 1.807) is 10.4 Å². The molecule has 2 heterocycles. The average molecular weight is 412 g/mol. The van der Waals surface area contributed by atoms with Crippen LogP contribution in [0.25, 0.3) is 11.0 Å². The number of benzene rings is 2. The number of aromatic nitrogens is 1. The minimum absolute atomic E-state index is 0.439. The Morgan fingerprint density at radius 1 is 0.931 bits per heavy atom. The number of fused-ring (bicyclic) bond motifs is 2. The van der Waals surface area contributed by atoms with Crippen molar-refractivity contribution in [3.05, 3.63) is 59.3 Å². The van der Waals surface area contributed by atoms with E-state index in [1.165, 1.54) is 17.5 Å². The highest BCUT2D eigenvalue weighted by atomic mass is 32.2. The third-order valence-corrected chi connectivity index (χ3v) is 8.01. The van der Waals surface area contributed by atoms with Crippen LogP contribution in [0.15, 0.2) is 51.9 Å². The molecule has 0 radical (unpaired) electrons. The van der Waals surface area contributed by atoms with E-state index in [0.717, 1.165) is 35.9 Å². The molecule has 2 aromatic carbocycles. The fraction of sp³-hybridized carbons (Fsp3) is 0.409. The van der Waals surface area contributed by atoms with Crippen molar-refractivity contribution in [3.63, 3.8) is 0 Å². The Hall–Kier alpha value is -2.22. The van der Waals surface area contributed by atoms with Crippen molar-refractivity contribution in [2.24, 2.45) is 0 Å². The first-order valence-electron chi connectivity index (χ1n) is 10.3. The molecule has 2 aliphatic rings. The third-order valence-electron chi connectivity index (χ3n) is 6.11. The van der Waals surface area contributed by atoms with E-state index in [-0.39, 0.29) is 0 Å². The van der Waals surface area contributed by atoms with Crippen LogP contribution in [-0.4, -0.2) is 49.0 Å². The van der Waals surface area contributed by atoms with Crippen LogP contribution in [0.3, 0.4) is 0 Å². The van der Waals surface area contributed by atoms with E-state index in [0.29, 0.717) is 37.6 Å². The monoisotopic (exact) mass is 411 g/mol. The van der Waals surface area contributed by atoms with Crippen LogP contribution in [-0.2, 0) is 29.4 Å². The predicted molar refractivity (Wildman–Crippen MR) is 111 cm³/mol. The van der Waals surface area contributed by atoms with Crippen LogP contribution in [0.2, 0.25) is 0 Å². The third kappa shape index (κ3) is 3.58. The van der Waals surface area contributed by atoms with Gasteiger partial charge in [-0.3, -0.25) is 4.90 Å². The Morgan fingerprint density at radius 3 is 2.52 bits per heavy atom. The molecule has 6 nitrogen and oxygen atoms in total. The molecule has 0 atom stereocenters. The maximum absolute atomic E-state index is 13.2. The van der Waals surface area contributed by atoms with Gasteiger partial charge in [-0.05, 0) is 61.1 Å². The summed E-state index contributed by atoms with van der Waals surface area (Å²) >= 11 is 0. The number of sulfonamides is 1. The van der Waals surface area contributed by atoms with Crippen molar-refractivity contribution in [1.29, 1.82) is 0 Å². The van der Waals surface area contributed by atoms with Gasteiger partial charge in [0.2, 0.25) is 10.0 Å². The minimum Gasteiger partial charge on any atom is -0.356 e. The zero-order valence-electron chi connectivity index (χ0n) is 16.4. The lowest BCUT2D eigenvalue weighted by molar-refractivity contribution is 0.178. The summed E-state index contributed by atoms with van der Waals surface area (Å²) in [6.45, 7) is 3.03. The second kappa shape index (κ2) is 7.55. The van der Waals surface area contributed by atoms with Crippen molar-refractivity contribution in [1.82, 2.24) is 14.4 Å². The summed E-state index contributed by atoms with van der Waals surface area (Å²) in [5, 5.41) is 5.22. The molecule has 3 aromatic rings. The zero-order chi connectivity index (χ0) is 19.8. The molecule has 5 rings (SSSR count). The maximum Gasteiger partial charge on any atom is 0.243 e. The summed E-state index contributed by atoms with van der Waals surface area (Å²) in [6, 6.07) is 13.5. The summed E-state index contributed by atoms with van der Waals surface area (Å²) in [6.07, 6.45) is 4.39. The predicted octanol–water partition coefficient (Wildman–Crippen LogP) is 3.21. The van der Waals surface area contributed by atoms with Crippen LogP contribution < -0.4 is 0 Å². The highest BCUT2D eigenvalue weighted by molar-refractivity contribution is 7.89. The first kappa shape index (κ1) is 18.8. The number of piperazine rings is 1. The van der Waals surface area contributed by atoms with E-state index in [9.17, 15) is 8.42 Å². The summed E-state index contributed by atoms with van der Waals surface area (Å²) in [5.41, 5.74) is 4.21. The van der Waals surface area contributed by atoms with Crippen LogP contribution in [0, 0.1) is 0 Å². The van der Waals surface area contributed by atoms with Crippen molar-refractivity contribution in [2.45, 2.75) is 37.1 Å². The first-order valence-corrected chi connectivity index (χ1v) is 11.7. The van der Waals surface area contributed by atoms with E-state index in [2.05, 4.69) is 10.1 Å². The number of aryl methyl sites for hydroxylation is 2. The Kier molecular flexibility index (Phi) is 4.89. The molecule has 152 valence electrons. The zero-order valence-corrected chi connectivity index (χ0v) is 17.2. The van der Waals surface area contributed by atoms with Crippen LogP contribution in [0.4, 0.5) is 0 Å². The Balaban J connectivity index is 1.27.